The van der Waals surface area contributed by atoms with Crippen LogP contribution in [0.25, 0.3) is 0 Å². The number of alkyl carbamates (subject to hydrolysis) is 1. The van der Waals surface area contributed by atoms with E-state index < -0.39 is 59.9 Å². The zero-order valence-electron chi connectivity index (χ0n) is 26.8. The molecule has 0 unspecified atom stereocenters. The van der Waals surface area contributed by atoms with Gasteiger partial charge in [-0.05, 0) is 52.5 Å². The third-order valence-electron chi connectivity index (χ3n) is 6.16. The molecule has 1 aromatic rings. The second-order valence-electron chi connectivity index (χ2n) is 9.67. The standard InChI is InChI=1S/C31H45N3O12/c1-5-42-26(36)18-15-23(29(39)44-7-3)32-25(35)17-14-22(34-31(41)46-20-21-12-10-9-11-13-21)28(38)33-24(30(40)45-8-4)16-19-27(37)43-6-2/h9-13,22-24H,5-8,14-20H2,1-4H3,(H,32,35)(H,33,38)(H,34,41)/t22-,23-,24-/m0/s1. The maximum Gasteiger partial charge on any atom is 0.408 e. The number of nitrogens with one attached hydrogen (secondary N) is 3. The Balaban J connectivity index is 3.04. The fourth-order valence-electron chi connectivity index (χ4n) is 3.96. The minimum Gasteiger partial charge on any atom is -0.466 e. The van der Waals surface area contributed by atoms with Crippen LogP contribution in [-0.4, -0.2) is 86.3 Å². The molecule has 0 bridgehead atoms. The molecule has 1 rings (SSSR count). The summed E-state index contributed by atoms with van der Waals surface area (Å²) in [5.74, 6) is -4.22. The molecule has 0 aliphatic heterocycles. The van der Waals surface area contributed by atoms with Gasteiger partial charge in [0.25, 0.3) is 0 Å². The number of carbonyl (C=O) groups is 7. The molecule has 0 saturated carbocycles. The average molecular weight is 652 g/mol. The molecule has 15 heteroatoms. The number of carbonyl (C=O) groups excluding carboxylic acids is 7. The molecule has 0 heterocycles. The van der Waals surface area contributed by atoms with Crippen LogP contribution < -0.4 is 16.0 Å². The summed E-state index contributed by atoms with van der Waals surface area (Å²) in [4.78, 5) is 87.5. The molecule has 0 saturated heterocycles. The minimum atomic E-state index is -1.38. The second-order valence-corrected chi connectivity index (χ2v) is 9.67. The molecular weight excluding hydrogens is 606 g/mol. The van der Waals surface area contributed by atoms with Crippen LogP contribution in [0.4, 0.5) is 4.79 Å². The molecule has 0 aromatic heterocycles. The summed E-state index contributed by atoms with van der Waals surface area (Å²) < 4.78 is 25.0. The Morgan fingerprint density at radius 3 is 1.54 bits per heavy atom. The van der Waals surface area contributed by atoms with Crippen molar-refractivity contribution in [2.24, 2.45) is 0 Å². The largest absolute Gasteiger partial charge is 0.466 e. The van der Waals surface area contributed by atoms with E-state index in [0.717, 1.165) is 0 Å². The van der Waals surface area contributed by atoms with Gasteiger partial charge in [0.1, 0.15) is 24.7 Å². The average Bonchev–Trinajstić information content (AvgIpc) is 3.03. The Labute approximate surface area is 268 Å². The molecule has 3 atom stereocenters. The number of hydrogen-bond acceptors (Lipinski definition) is 12. The Kier molecular flexibility index (Phi) is 19.5. The van der Waals surface area contributed by atoms with Crippen LogP contribution in [0, 0.1) is 0 Å². The van der Waals surface area contributed by atoms with E-state index in [9.17, 15) is 33.6 Å². The summed E-state index contributed by atoms with van der Waals surface area (Å²) in [6, 6.07) is 4.97. The number of benzene rings is 1. The first kappa shape index (κ1) is 39.3. The SMILES string of the molecule is CCOC(=O)CC[C@H](NC(=O)CC[C@H](NC(=O)OCc1ccccc1)C(=O)N[C@@H](CCC(=O)OCC)C(=O)OCC)C(=O)OCC. The molecule has 3 N–H and O–H groups in total. The van der Waals surface area contributed by atoms with E-state index in [1.54, 1.807) is 58.0 Å². The van der Waals surface area contributed by atoms with E-state index in [4.69, 9.17) is 23.7 Å². The van der Waals surface area contributed by atoms with Crippen molar-refractivity contribution in [3.8, 4) is 0 Å². The van der Waals surface area contributed by atoms with Crippen LogP contribution in [0.1, 0.15) is 71.8 Å². The van der Waals surface area contributed by atoms with Crippen molar-refractivity contribution >= 4 is 41.8 Å². The van der Waals surface area contributed by atoms with Gasteiger partial charge in [0, 0.05) is 19.3 Å². The molecule has 1 aromatic carbocycles. The summed E-state index contributed by atoms with van der Waals surface area (Å²) in [5.41, 5.74) is 0.687. The zero-order chi connectivity index (χ0) is 34.3. The molecule has 15 nitrogen and oxygen atoms in total. The van der Waals surface area contributed by atoms with Crippen molar-refractivity contribution in [3.05, 3.63) is 35.9 Å². The predicted molar refractivity (Wildman–Crippen MR) is 162 cm³/mol. The topological polar surface area (TPSA) is 202 Å². The van der Waals surface area contributed by atoms with Gasteiger partial charge in [-0.25, -0.2) is 14.4 Å². The van der Waals surface area contributed by atoms with Crippen LogP contribution in [0.2, 0.25) is 0 Å². The molecule has 3 amide bonds. The number of rotatable bonds is 21. The number of amides is 3. The number of ether oxygens (including phenoxy) is 5. The van der Waals surface area contributed by atoms with E-state index in [2.05, 4.69) is 16.0 Å². The van der Waals surface area contributed by atoms with Gasteiger partial charge in [-0.2, -0.15) is 0 Å². The summed E-state index contributed by atoms with van der Waals surface area (Å²) in [6.07, 6.45) is -2.19. The van der Waals surface area contributed by atoms with Crippen LogP contribution in [-0.2, 0) is 59.1 Å². The van der Waals surface area contributed by atoms with Crippen molar-refractivity contribution in [1.82, 2.24) is 16.0 Å². The van der Waals surface area contributed by atoms with Gasteiger partial charge in [0.2, 0.25) is 11.8 Å². The van der Waals surface area contributed by atoms with Crippen LogP contribution in [0.5, 0.6) is 0 Å². The minimum absolute atomic E-state index is 0.00999. The summed E-state index contributed by atoms with van der Waals surface area (Å²) in [6.45, 7) is 6.66. The Morgan fingerprint density at radius 1 is 0.565 bits per heavy atom. The lowest BCUT2D eigenvalue weighted by atomic mass is 10.1. The van der Waals surface area contributed by atoms with Gasteiger partial charge in [-0.15, -0.1) is 0 Å². The third kappa shape index (κ3) is 16.4. The highest BCUT2D eigenvalue weighted by Crippen LogP contribution is 2.09. The summed E-state index contributed by atoms with van der Waals surface area (Å²) >= 11 is 0. The monoisotopic (exact) mass is 651 g/mol. The van der Waals surface area contributed by atoms with Gasteiger partial charge in [-0.3, -0.25) is 19.2 Å². The zero-order valence-corrected chi connectivity index (χ0v) is 26.8. The highest BCUT2D eigenvalue weighted by atomic mass is 16.6. The van der Waals surface area contributed by atoms with Gasteiger partial charge < -0.3 is 39.6 Å². The first-order valence-corrected chi connectivity index (χ1v) is 15.3. The fraction of sp³-hybridized carbons (Fsp3) is 0.581. The van der Waals surface area contributed by atoms with Gasteiger partial charge in [-0.1, -0.05) is 30.3 Å². The van der Waals surface area contributed by atoms with Crippen LogP contribution in [0.3, 0.4) is 0 Å². The Morgan fingerprint density at radius 2 is 1.04 bits per heavy atom. The van der Waals surface area contributed by atoms with E-state index in [1.807, 2.05) is 0 Å². The molecule has 0 aliphatic carbocycles. The van der Waals surface area contributed by atoms with Gasteiger partial charge in [0.05, 0.1) is 26.4 Å². The molecule has 0 radical (unpaired) electrons. The lowest BCUT2D eigenvalue weighted by Crippen LogP contribution is -2.52. The maximum absolute atomic E-state index is 13.3. The van der Waals surface area contributed by atoms with Crippen molar-refractivity contribution in [3.63, 3.8) is 0 Å². The van der Waals surface area contributed by atoms with Crippen molar-refractivity contribution in [2.45, 2.75) is 91.0 Å². The predicted octanol–water partition coefficient (Wildman–Crippen LogP) is 1.84. The lowest BCUT2D eigenvalue weighted by Gasteiger charge is -2.23. The quantitative estimate of drug-likeness (QED) is 0.129. The first-order valence-electron chi connectivity index (χ1n) is 15.3. The van der Waals surface area contributed by atoms with E-state index in [1.165, 1.54) is 0 Å². The van der Waals surface area contributed by atoms with Crippen LogP contribution >= 0.6 is 0 Å². The van der Waals surface area contributed by atoms with Gasteiger partial charge >= 0.3 is 30.0 Å². The van der Waals surface area contributed by atoms with Crippen molar-refractivity contribution in [1.29, 1.82) is 0 Å². The molecule has 46 heavy (non-hydrogen) atoms. The third-order valence-corrected chi connectivity index (χ3v) is 6.16. The van der Waals surface area contributed by atoms with Gasteiger partial charge in [0.15, 0.2) is 0 Å². The van der Waals surface area contributed by atoms with E-state index in [-0.39, 0.29) is 71.6 Å². The highest BCUT2D eigenvalue weighted by Gasteiger charge is 2.30. The van der Waals surface area contributed by atoms with Crippen LogP contribution in [0.15, 0.2) is 30.3 Å². The smallest absolute Gasteiger partial charge is 0.408 e. The molecule has 0 aliphatic rings. The van der Waals surface area contributed by atoms with Crippen molar-refractivity contribution in [2.75, 3.05) is 26.4 Å². The Bertz CT molecular complexity index is 1140. The lowest BCUT2D eigenvalue weighted by molar-refractivity contribution is -0.149. The molecule has 0 fully saturated rings. The van der Waals surface area contributed by atoms with Crippen molar-refractivity contribution < 1.29 is 57.2 Å². The van der Waals surface area contributed by atoms with E-state index >= 15 is 0 Å². The summed E-state index contributed by atoms with van der Waals surface area (Å²) in [7, 11) is 0. The fourth-order valence-corrected chi connectivity index (χ4v) is 3.96. The first-order chi connectivity index (χ1) is 22.0. The number of hydrogen-bond donors (Lipinski definition) is 3. The van der Waals surface area contributed by atoms with E-state index in [0.29, 0.717) is 5.56 Å². The highest BCUT2D eigenvalue weighted by molar-refractivity contribution is 5.91. The normalized spacial score (nSPS) is 12.3. The summed E-state index contributed by atoms with van der Waals surface area (Å²) in [5, 5.41) is 7.37. The Hall–Kier alpha value is -4.69. The molecular formula is C31H45N3O12. The maximum atomic E-state index is 13.3. The number of esters is 4. The molecule has 0 spiro atoms. The second kappa shape index (κ2) is 22.8. The molecule has 256 valence electrons.